The third kappa shape index (κ3) is 6.92. The molecule has 0 radical (unpaired) electrons. The summed E-state index contributed by atoms with van der Waals surface area (Å²) in [7, 11) is 0. The van der Waals surface area contributed by atoms with Crippen LogP contribution in [0.3, 0.4) is 0 Å². The molecule has 0 aromatic rings. The Kier molecular flexibility index (Phi) is 8.84. The van der Waals surface area contributed by atoms with Crippen LogP contribution in [-0.2, 0) is 4.79 Å². The van der Waals surface area contributed by atoms with Gasteiger partial charge in [0.1, 0.15) is 0 Å². The van der Waals surface area contributed by atoms with Crippen molar-refractivity contribution >= 4 is 5.91 Å². The molecule has 4 nitrogen and oxygen atoms in total. The summed E-state index contributed by atoms with van der Waals surface area (Å²) in [5.41, 5.74) is 5.45. The number of aliphatic hydroxyl groups is 1. The molecule has 1 rings (SSSR count). The summed E-state index contributed by atoms with van der Waals surface area (Å²) in [6.45, 7) is 2.60. The van der Waals surface area contributed by atoms with E-state index in [1.807, 2.05) is 4.90 Å². The van der Waals surface area contributed by atoms with Gasteiger partial charge in [-0.1, -0.05) is 38.5 Å². The number of aliphatic hydroxyl groups excluding tert-OH is 1. The first-order valence-corrected chi connectivity index (χ1v) is 7.86. The lowest BCUT2D eigenvalue weighted by Crippen LogP contribution is -2.26. The van der Waals surface area contributed by atoms with E-state index in [-0.39, 0.29) is 18.4 Å². The molecule has 0 aromatic heterocycles. The highest BCUT2D eigenvalue weighted by molar-refractivity contribution is 5.78. The van der Waals surface area contributed by atoms with Gasteiger partial charge in [0.25, 0.3) is 0 Å². The van der Waals surface area contributed by atoms with Crippen molar-refractivity contribution in [1.82, 2.24) is 4.90 Å². The van der Waals surface area contributed by atoms with E-state index in [9.17, 15) is 4.79 Å². The zero-order valence-corrected chi connectivity index (χ0v) is 12.1. The Bertz CT molecular complexity index is 246. The second-order valence-electron chi connectivity index (χ2n) is 5.71. The average molecular weight is 270 g/mol. The highest BCUT2D eigenvalue weighted by Crippen LogP contribution is 2.18. The zero-order valence-electron chi connectivity index (χ0n) is 12.1. The Labute approximate surface area is 117 Å². The Morgan fingerprint density at radius 3 is 2.16 bits per heavy atom. The Hall–Kier alpha value is -0.610. The van der Waals surface area contributed by atoms with Crippen LogP contribution in [0.4, 0.5) is 0 Å². The lowest BCUT2D eigenvalue weighted by Gasteiger charge is -2.15. The topological polar surface area (TPSA) is 66.6 Å². The lowest BCUT2D eigenvalue weighted by molar-refractivity contribution is -0.127. The first-order chi connectivity index (χ1) is 9.27. The number of hydrogen-bond donors (Lipinski definition) is 2. The fourth-order valence-electron chi connectivity index (χ4n) is 2.70. The van der Waals surface area contributed by atoms with Crippen molar-refractivity contribution in [3.8, 4) is 0 Å². The number of hydrogen-bond acceptors (Lipinski definition) is 3. The van der Waals surface area contributed by atoms with Crippen molar-refractivity contribution in [2.45, 2.75) is 57.8 Å². The van der Waals surface area contributed by atoms with Crippen molar-refractivity contribution in [1.29, 1.82) is 0 Å². The fraction of sp³-hybridized carbons (Fsp3) is 0.933. The molecule has 0 aromatic carbocycles. The predicted octanol–water partition coefficient (Wildman–Crippen LogP) is 1.91. The van der Waals surface area contributed by atoms with Crippen LogP contribution in [0.15, 0.2) is 0 Å². The van der Waals surface area contributed by atoms with Crippen LogP contribution in [-0.4, -0.2) is 42.2 Å². The Morgan fingerprint density at radius 2 is 1.63 bits per heavy atom. The number of nitrogens with two attached hydrogens (primary N) is 1. The summed E-state index contributed by atoms with van der Waals surface area (Å²) in [5.74, 6) is 0.399. The number of nitrogens with zero attached hydrogens (tertiary/aromatic N) is 1. The first-order valence-electron chi connectivity index (χ1n) is 7.86. The molecule has 1 atom stereocenters. The molecule has 4 heteroatoms. The molecule has 1 fully saturated rings. The van der Waals surface area contributed by atoms with E-state index in [2.05, 4.69) is 0 Å². The van der Waals surface area contributed by atoms with Crippen LogP contribution in [0.1, 0.15) is 57.8 Å². The largest absolute Gasteiger partial charge is 0.396 e. The van der Waals surface area contributed by atoms with Gasteiger partial charge in [-0.15, -0.1) is 0 Å². The number of carbonyl (C=O) groups excluding carboxylic acids is 1. The molecule has 0 bridgehead atoms. The number of carbonyl (C=O) groups is 1. The molecule has 1 unspecified atom stereocenters. The van der Waals surface area contributed by atoms with Gasteiger partial charge in [-0.2, -0.15) is 0 Å². The van der Waals surface area contributed by atoms with Crippen LogP contribution in [0.5, 0.6) is 0 Å². The molecule has 1 heterocycles. The molecule has 19 heavy (non-hydrogen) atoms. The minimum Gasteiger partial charge on any atom is -0.396 e. The molecule has 1 aliphatic rings. The van der Waals surface area contributed by atoms with E-state index < -0.39 is 0 Å². The summed E-state index contributed by atoms with van der Waals surface area (Å²) in [6, 6.07) is 0. The van der Waals surface area contributed by atoms with Gasteiger partial charge in [0.15, 0.2) is 0 Å². The number of amides is 1. The van der Waals surface area contributed by atoms with Crippen molar-refractivity contribution in [3.05, 3.63) is 0 Å². The van der Waals surface area contributed by atoms with Crippen molar-refractivity contribution in [2.75, 3.05) is 26.2 Å². The van der Waals surface area contributed by atoms with E-state index in [0.29, 0.717) is 6.42 Å². The predicted molar refractivity (Wildman–Crippen MR) is 77.8 cm³/mol. The zero-order chi connectivity index (χ0) is 13.9. The maximum Gasteiger partial charge on any atom is 0.223 e. The van der Waals surface area contributed by atoms with Gasteiger partial charge >= 0.3 is 0 Å². The molecule has 112 valence electrons. The van der Waals surface area contributed by atoms with Crippen LogP contribution >= 0.6 is 0 Å². The summed E-state index contributed by atoms with van der Waals surface area (Å²) < 4.78 is 0. The quantitative estimate of drug-likeness (QED) is 0.564. The number of rotatable bonds is 11. The van der Waals surface area contributed by atoms with Gasteiger partial charge in [0.05, 0.1) is 0 Å². The molecule has 3 N–H and O–H groups in total. The average Bonchev–Trinajstić information content (AvgIpc) is 2.78. The standard InChI is InChI=1S/C15H30N2O2/c16-9-7-5-3-1-2-4-6-8-10-17-12-14(13-18)11-15(17)19/h14,18H,1-13,16H2. The first kappa shape index (κ1) is 16.4. The summed E-state index contributed by atoms with van der Waals surface area (Å²) in [5, 5.41) is 9.05. The maximum atomic E-state index is 11.6. The smallest absolute Gasteiger partial charge is 0.223 e. The highest BCUT2D eigenvalue weighted by Gasteiger charge is 2.28. The SMILES string of the molecule is NCCCCCCCCCCN1CC(CO)CC1=O. The van der Waals surface area contributed by atoms with Crippen LogP contribution in [0.2, 0.25) is 0 Å². The summed E-state index contributed by atoms with van der Waals surface area (Å²) >= 11 is 0. The van der Waals surface area contributed by atoms with E-state index in [4.69, 9.17) is 10.8 Å². The van der Waals surface area contributed by atoms with Crippen molar-refractivity contribution in [3.63, 3.8) is 0 Å². The summed E-state index contributed by atoms with van der Waals surface area (Å²) in [4.78, 5) is 13.5. The van der Waals surface area contributed by atoms with Gasteiger partial charge in [0, 0.05) is 32.0 Å². The maximum absolute atomic E-state index is 11.6. The molecular weight excluding hydrogens is 240 g/mol. The highest BCUT2D eigenvalue weighted by atomic mass is 16.3. The van der Waals surface area contributed by atoms with Gasteiger partial charge in [-0.25, -0.2) is 0 Å². The minimum atomic E-state index is 0.144. The van der Waals surface area contributed by atoms with Crippen LogP contribution in [0, 0.1) is 5.92 Å². The molecule has 1 amide bonds. The molecule has 0 spiro atoms. The molecule has 1 aliphatic heterocycles. The van der Waals surface area contributed by atoms with E-state index in [0.717, 1.165) is 32.5 Å². The Balaban J connectivity index is 1.90. The van der Waals surface area contributed by atoms with Gasteiger partial charge < -0.3 is 15.7 Å². The van der Waals surface area contributed by atoms with E-state index in [1.54, 1.807) is 0 Å². The second-order valence-corrected chi connectivity index (χ2v) is 5.71. The van der Waals surface area contributed by atoms with Crippen molar-refractivity contribution < 1.29 is 9.90 Å². The lowest BCUT2D eigenvalue weighted by atomic mass is 10.1. The summed E-state index contributed by atoms with van der Waals surface area (Å²) in [6.07, 6.45) is 10.5. The third-order valence-corrected chi connectivity index (χ3v) is 3.93. The number of unbranched alkanes of at least 4 members (excludes halogenated alkanes) is 7. The normalized spacial score (nSPS) is 19.4. The fourth-order valence-corrected chi connectivity index (χ4v) is 2.70. The molecular formula is C15H30N2O2. The van der Waals surface area contributed by atoms with Gasteiger partial charge in [-0.05, 0) is 19.4 Å². The van der Waals surface area contributed by atoms with Gasteiger partial charge in [0.2, 0.25) is 5.91 Å². The van der Waals surface area contributed by atoms with Crippen LogP contribution in [0.25, 0.3) is 0 Å². The Morgan fingerprint density at radius 1 is 1.05 bits per heavy atom. The molecule has 1 saturated heterocycles. The molecule has 0 aliphatic carbocycles. The number of likely N-dealkylation sites (tertiary alicyclic amines) is 1. The monoisotopic (exact) mass is 270 g/mol. The molecule has 0 saturated carbocycles. The van der Waals surface area contributed by atoms with E-state index in [1.165, 1.54) is 38.5 Å². The van der Waals surface area contributed by atoms with Crippen molar-refractivity contribution in [2.24, 2.45) is 11.7 Å². The van der Waals surface area contributed by atoms with Gasteiger partial charge in [-0.3, -0.25) is 4.79 Å². The second kappa shape index (κ2) is 10.2. The third-order valence-electron chi connectivity index (χ3n) is 3.93. The minimum absolute atomic E-state index is 0.144. The van der Waals surface area contributed by atoms with E-state index >= 15 is 0 Å². The van der Waals surface area contributed by atoms with Crippen LogP contribution < -0.4 is 5.73 Å².